The van der Waals surface area contributed by atoms with Crippen LogP contribution in [0.5, 0.6) is 5.75 Å². The van der Waals surface area contributed by atoms with Gasteiger partial charge in [-0.15, -0.1) is 0 Å². The van der Waals surface area contributed by atoms with Gasteiger partial charge in [-0.2, -0.15) is 0 Å². The van der Waals surface area contributed by atoms with E-state index in [1.165, 1.54) is 4.90 Å². The Hall–Kier alpha value is -2.41. The van der Waals surface area contributed by atoms with Crippen LogP contribution in [0.2, 0.25) is 0 Å². The summed E-state index contributed by atoms with van der Waals surface area (Å²) in [7, 11) is 0. The Kier molecular flexibility index (Phi) is 5.03. The molecule has 2 aliphatic heterocycles. The van der Waals surface area contributed by atoms with Gasteiger partial charge in [-0.3, -0.25) is 19.3 Å². The van der Waals surface area contributed by atoms with Crippen molar-refractivity contribution >= 4 is 23.5 Å². The number of anilines is 1. The van der Waals surface area contributed by atoms with Gasteiger partial charge in [0.2, 0.25) is 5.91 Å². The molecule has 2 amide bonds. The maximum atomic E-state index is 12.8. The molecule has 0 radical (unpaired) electrons. The number of amides is 2. The minimum absolute atomic E-state index is 0.143. The third-order valence-electron chi connectivity index (χ3n) is 4.85. The Morgan fingerprint density at radius 2 is 1.84 bits per heavy atom. The average molecular weight is 346 g/mol. The molecule has 2 heterocycles. The Morgan fingerprint density at radius 1 is 1.20 bits per heavy atom. The molecule has 1 N–H and O–H groups in total. The number of carbonyl (C=O) groups is 3. The van der Waals surface area contributed by atoms with Crippen molar-refractivity contribution in [2.75, 3.05) is 24.6 Å². The normalized spacial score (nSPS) is 22.4. The second-order valence-corrected chi connectivity index (χ2v) is 6.36. The van der Waals surface area contributed by atoms with Gasteiger partial charge in [-0.1, -0.05) is 0 Å². The van der Waals surface area contributed by atoms with E-state index in [9.17, 15) is 14.4 Å². The molecule has 0 aliphatic carbocycles. The lowest BCUT2D eigenvalue weighted by molar-refractivity contribution is -0.143. The molecule has 7 nitrogen and oxygen atoms in total. The molecule has 0 bridgehead atoms. The fourth-order valence-corrected chi connectivity index (χ4v) is 3.49. The summed E-state index contributed by atoms with van der Waals surface area (Å²) in [6.07, 6.45) is 1.16. The van der Waals surface area contributed by atoms with Crippen molar-refractivity contribution in [1.29, 1.82) is 0 Å². The molecule has 1 aromatic carbocycles. The van der Waals surface area contributed by atoms with Crippen LogP contribution in [0, 0.1) is 5.92 Å². The largest absolute Gasteiger partial charge is 0.494 e. The number of rotatable bonds is 5. The van der Waals surface area contributed by atoms with Crippen molar-refractivity contribution in [3.63, 3.8) is 0 Å². The first-order valence-electron chi connectivity index (χ1n) is 8.57. The lowest BCUT2D eigenvalue weighted by Gasteiger charge is -2.33. The minimum Gasteiger partial charge on any atom is -0.494 e. The minimum atomic E-state index is -0.788. The lowest BCUT2D eigenvalue weighted by Crippen LogP contribution is -2.46. The monoisotopic (exact) mass is 346 g/mol. The predicted molar refractivity (Wildman–Crippen MR) is 90.4 cm³/mol. The fraction of sp³-hybridized carbons (Fsp3) is 0.500. The van der Waals surface area contributed by atoms with Crippen LogP contribution in [-0.4, -0.2) is 53.5 Å². The molecule has 2 fully saturated rings. The standard InChI is InChI=1S/C18H22N2O5/c1-2-25-14-5-3-13(4-6-14)20-16(21)11-15(17(20)22)19-9-7-12(8-10-19)18(23)24/h3-6,12,15H,2,7-11H2,1H3,(H,23,24)/t15-/m0/s1. The van der Waals surface area contributed by atoms with Crippen LogP contribution in [0.15, 0.2) is 24.3 Å². The van der Waals surface area contributed by atoms with Crippen molar-refractivity contribution in [1.82, 2.24) is 4.90 Å². The number of carboxylic acids is 1. The number of carboxylic acid groups (broad SMARTS) is 1. The molecule has 25 heavy (non-hydrogen) atoms. The Morgan fingerprint density at radius 3 is 2.40 bits per heavy atom. The van der Waals surface area contributed by atoms with Gasteiger partial charge < -0.3 is 9.84 Å². The molecule has 134 valence electrons. The first-order valence-corrected chi connectivity index (χ1v) is 8.57. The number of likely N-dealkylation sites (tertiary alicyclic amines) is 1. The van der Waals surface area contributed by atoms with Crippen molar-refractivity contribution in [2.24, 2.45) is 5.92 Å². The van der Waals surface area contributed by atoms with E-state index in [1.807, 2.05) is 11.8 Å². The summed E-state index contributed by atoms with van der Waals surface area (Å²) in [5.41, 5.74) is 0.543. The van der Waals surface area contributed by atoms with Crippen molar-refractivity contribution in [3.8, 4) is 5.75 Å². The molecule has 0 aromatic heterocycles. The van der Waals surface area contributed by atoms with Crippen LogP contribution < -0.4 is 9.64 Å². The van der Waals surface area contributed by atoms with Crippen LogP contribution in [0.25, 0.3) is 0 Å². The summed E-state index contributed by atoms with van der Waals surface area (Å²) in [6.45, 7) is 3.49. The van der Waals surface area contributed by atoms with Crippen molar-refractivity contribution < 1.29 is 24.2 Å². The number of piperidine rings is 1. The molecule has 7 heteroatoms. The molecule has 1 aromatic rings. The predicted octanol–water partition coefficient (Wildman–Crippen LogP) is 1.51. The lowest BCUT2D eigenvalue weighted by atomic mass is 9.96. The smallest absolute Gasteiger partial charge is 0.306 e. The highest BCUT2D eigenvalue weighted by Gasteiger charge is 2.43. The second-order valence-electron chi connectivity index (χ2n) is 6.36. The maximum absolute atomic E-state index is 12.8. The van der Waals surface area contributed by atoms with Crippen LogP contribution in [0.3, 0.4) is 0 Å². The van der Waals surface area contributed by atoms with E-state index < -0.39 is 12.0 Å². The molecule has 2 saturated heterocycles. The number of hydrogen-bond donors (Lipinski definition) is 1. The Bertz CT molecular complexity index is 665. The Balaban J connectivity index is 1.69. The fourth-order valence-electron chi connectivity index (χ4n) is 3.49. The van der Waals surface area contributed by atoms with Gasteiger partial charge in [0.1, 0.15) is 5.75 Å². The SMILES string of the molecule is CCOc1ccc(N2C(=O)C[C@H](N3CCC(C(=O)O)CC3)C2=O)cc1. The average Bonchev–Trinajstić information content (AvgIpc) is 2.91. The molecular weight excluding hydrogens is 324 g/mol. The number of ether oxygens (including phenoxy) is 1. The van der Waals surface area contributed by atoms with E-state index in [-0.39, 0.29) is 24.2 Å². The Labute approximate surface area is 146 Å². The number of aliphatic carboxylic acids is 1. The van der Waals surface area contributed by atoms with Crippen molar-refractivity contribution in [2.45, 2.75) is 32.2 Å². The first-order chi connectivity index (χ1) is 12.0. The van der Waals surface area contributed by atoms with Crippen LogP contribution in [-0.2, 0) is 14.4 Å². The number of hydrogen-bond acceptors (Lipinski definition) is 5. The van der Waals surface area contributed by atoms with Gasteiger partial charge in [-0.05, 0) is 57.1 Å². The van der Waals surface area contributed by atoms with Gasteiger partial charge in [0, 0.05) is 0 Å². The molecule has 0 unspecified atom stereocenters. The number of nitrogens with zero attached hydrogens (tertiary/aromatic N) is 2. The van der Waals surface area contributed by atoms with E-state index in [0.717, 1.165) is 0 Å². The number of benzene rings is 1. The third kappa shape index (κ3) is 3.51. The van der Waals surface area contributed by atoms with E-state index in [1.54, 1.807) is 24.3 Å². The number of imide groups is 1. The number of carbonyl (C=O) groups excluding carboxylic acids is 2. The van der Waals surface area contributed by atoms with Crippen LogP contribution >= 0.6 is 0 Å². The highest BCUT2D eigenvalue weighted by atomic mass is 16.5. The van der Waals surface area contributed by atoms with Crippen LogP contribution in [0.4, 0.5) is 5.69 Å². The zero-order chi connectivity index (χ0) is 18.0. The van der Waals surface area contributed by atoms with Crippen LogP contribution in [0.1, 0.15) is 26.2 Å². The van der Waals surface area contributed by atoms with Gasteiger partial charge in [-0.25, -0.2) is 4.90 Å². The first kappa shape index (κ1) is 17.4. The van der Waals surface area contributed by atoms with Gasteiger partial charge in [0.15, 0.2) is 0 Å². The second kappa shape index (κ2) is 7.23. The molecule has 1 atom stereocenters. The van der Waals surface area contributed by atoms with Gasteiger partial charge in [0.25, 0.3) is 5.91 Å². The van der Waals surface area contributed by atoms with Gasteiger partial charge in [0.05, 0.1) is 30.7 Å². The summed E-state index contributed by atoms with van der Waals surface area (Å²) < 4.78 is 5.38. The highest BCUT2D eigenvalue weighted by molar-refractivity contribution is 6.22. The van der Waals surface area contributed by atoms with Crippen molar-refractivity contribution in [3.05, 3.63) is 24.3 Å². The van der Waals surface area contributed by atoms with E-state index in [4.69, 9.17) is 9.84 Å². The topological polar surface area (TPSA) is 87.2 Å². The molecule has 0 spiro atoms. The van der Waals surface area contributed by atoms with E-state index in [2.05, 4.69) is 0 Å². The van der Waals surface area contributed by atoms with E-state index >= 15 is 0 Å². The third-order valence-corrected chi connectivity index (χ3v) is 4.85. The summed E-state index contributed by atoms with van der Waals surface area (Å²) >= 11 is 0. The summed E-state index contributed by atoms with van der Waals surface area (Å²) in [5, 5.41) is 9.08. The molecule has 0 saturated carbocycles. The summed E-state index contributed by atoms with van der Waals surface area (Å²) in [6, 6.07) is 6.41. The van der Waals surface area contributed by atoms with Gasteiger partial charge >= 0.3 is 5.97 Å². The molecule has 2 aliphatic rings. The quantitative estimate of drug-likeness (QED) is 0.813. The summed E-state index contributed by atoms with van der Waals surface area (Å²) in [4.78, 5) is 39.3. The molecular formula is C18H22N2O5. The zero-order valence-corrected chi connectivity index (χ0v) is 14.2. The maximum Gasteiger partial charge on any atom is 0.306 e. The van der Waals surface area contributed by atoms with E-state index in [0.29, 0.717) is 44.0 Å². The zero-order valence-electron chi connectivity index (χ0n) is 14.2. The highest BCUT2D eigenvalue weighted by Crippen LogP contribution is 2.29. The molecule has 3 rings (SSSR count). The summed E-state index contributed by atoms with van der Waals surface area (Å²) in [5.74, 6) is -0.907.